The molecule has 0 saturated carbocycles. The topological polar surface area (TPSA) is 58.9 Å². The number of hydrogen-bond acceptors (Lipinski definition) is 3. The maximum Gasteiger partial charge on any atom is 0.244 e. The lowest BCUT2D eigenvalue weighted by Gasteiger charge is -2.30. The fourth-order valence-electron chi connectivity index (χ4n) is 2.16. The molecule has 2 rings (SSSR count). The number of nitrogens with one attached hydrogen (secondary N) is 2. The van der Waals surface area contributed by atoms with Gasteiger partial charge in [0.15, 0.2) is 0 Å². The molecule has 0 bridgehead atoms. The molecule has 0 spiro atoms. The summed E-state index contributed by atoms with van der Waals surface area (Å²) in [5.41, 5.74) is 0.917. The Kier molecular flexibility index (Phi) is 4.15. The molecule has 1 aliphatic heterocycles. The number of aromatic nitrogens is 2. The van der Waals surface area contributed by atoms with E-state index in [0.29, 0.717) is 6.04 Å². The van der Waals surface area contributed by atoms with Gasteiger partial charge in [-0.05, 0) is 32.4 Å². The predicted octanol–water partition coefficient (Wildman–Crippen LogP) is 0.690. The molecule has 2 heterocycles. The number of imidazole rings is 1. The second kappa shape index (κ2) is 5.82. The minimum atomic E-state index is -0.0447. The van der Waals surface area contributed by atoms with Crippen molar-refractivity contribution < 1.29 is 4.79 Å². The van der Waals surface area contributed by atoms with E-state index in [1.54, 1.807) is 24.7 Å². The molecular weight excluding hydrogens is 228 g/mol. The molecule has 1 amide bonds. The van der Waals surface area contributed by atoms with Crippen molar-refractivity contribution in [2.45, 2.75) is 31.8 Å². The first kappa shape index (κ1) is 12.8. The molecule has 5 heteroatoms. The number of aryl methyl sites for hydroxylation is 1. The Morgan fingerprint density at radius 1 is 1.67 bits per heavy atom. The van der Waals surface area contributed by atoms with Crippen LogP contribution in [0.1, 0.15) is 25.5 Å². The average Bonchev–Trinajstić information content (AvgIpc) is 2.75. The monoisotopic (exact) mass is 248 g/mol. The van der Waals surface area contributed by atoms with Crippen LogP contribution in [0, 0.1) is 0 Å². The van der Waals surface area contributed by atoms with Crippen LogP contribution in [0.15, 0.2) is 18.6 Å². The zero-order chi connectivity index (χ0) is 13.0. The van der Waals surface area contributed by atoms with Crippen LogP contribution in [-0.4, -0.2) is 34.1 Å². The summed E-state index contributed by atoms with van der Waals surface area (Å²) in [5.74, 6) is -0.0447. The first-order chi connectivity index (χ1) is 8.66. The highest BCUT2D eigenvalue weighted by atomic mass is 16.1. The predicted molar refractivity (Wildman–Crippen MR) is 70.9 cm³/mol. The lowest BCUT2D eigenvalue weighted by atomic mass is 10.00. The van der Waals surface area contributed by atoms with E-state index in [1.165, 1.54) is 0 Å². The van der Waals surface area contributed by atoms with E-state index in [9.17, 15) is 4.79 Å². The molecule has 0 aromatic carbocycles. The van der Waals surface area contributed by atoms with Crippen LogP contribution in [0.25, 0.3) is 6.08 Å². The summed E-state index contributed by atoms with van der Waals surface area (Å²) < 4.78 is 1.87. The number of amides is 1. The highest BCUT2D eigenvalue weighted by Gasteiger charge is 2.21. The summed E-state index contributed by atoms with van der Waals surface area (Å²) in [6.45, 7) is 3.15. The van der Waals surface area contributed by atoms with Crippen molar-refractivity contribution in [3.8, 4) is 0 Å². The van der Waals surface area contributed by atoms with E-state index >= 15 is 0 Å². The molecule has 1 fully saturated rings. The van der Waals surface area contributed by atoms with E-state index in [-0.39, 0.29) is 11.9 Å². The van der Waals surface area contributed by atoms with E-state index in [2.05, 4.69) is 22.5 Å². The molecule has 1 aliphatic rings. The first-order valence-corrected chi connectivity index (χ1v) is 6.35. The number of piperidine rings is 1. The standard InChI is InChI=1S/C13H20N4O/c1-10-12(4-3-7-15-10)16-13(18)6-5-11-8-14-9-17(11)2/h5-6,8-10,12,15H,3-4,7H2,1-2H3,(H,16,18). The van der Waals surface area contributed by atoms with Crippen LogP contribution in [0.3, 0.4) is 0 Å². The van der Waals surface area contributed by atoms with Crippen molar-refractivity contribution in [3.63, 3.8) is 0 Å². The minimum Gasteiger partial charge on any atom is -0.348 e. The highest BCUT2D eigenvalue weighted by molar-refractivity contribution is 5.91. The van der Waals surface area contributed by atoms with Gasteiger partial charge in [0.25, 0.3) is 0 Å². The Labute approximate surface area is 107 Å². The largest absolute Gasteiger partial charge is 0.348 e. The smallest absolute Gasteiger partial charge is 0.244 e. The molecule has 18 heavy (non-hydrogen) atoms. The summed E-state index contributed by atoms with van der Waals surface area (Å²) in [7, 11) is 1.90. The summed E-state index contributed by atoms with van der Waals surface area (Å²) in [4.78, 5) is 15.8. The van der Waals surface area contributed by atoms with E-state index < -0.39 is 0 Å². The number of hydrogen-bond donors (Lipinski definition) is 2. The van der Waals surface area contributed by atoms with Gasteiger partial charge in [0.2, 0.25) is 5.91 Å². The van der Waals surface area contributed by atoms with Gasteiger partial charge in [0.05, 0.1) is 18.2 Å². The number of carbonyl (C=O) groups is 1. The Hall–Kier alpha value is -1.62. The molecule has 1 aromatic rings. The minimum absolute atomic E-state index is 0.0447. The first-order valence-electron chi connectivity index (χ1n) is 6.35. The van der Waals surface area contributed by atoms with Gasteiger partial charge in [-0.2, -0.15) is 0 Å². The lowest BCUT2D eigenvalue weighted by molar-refractivity contribution is -0.117. The van der Waals surface area contributed by atoms with E-state index in [4.69, 9.17) is 0 Å². The summed E-state index contributed by atoms with van der Waals surface area (Å²) in [6.07, 6.45) is 8.95. The summed E-state index contributed by atoms with van der Waals surface area (Å²) >= 11 is 0. The van der Waals surface area contributed by atoms with Crippen molar-refractivity contribution in [3.05, 3.63) is 24.3 Å². The van der Waals surface area contributed by atoms with Crippen molar-refractivity contribution in [2.24, 2.45) is 7.05 Å². The lowest BCUT2D eigenvalue weighted by Crippen LogP contribution is -2.51. The third-order valence-corrected chi connectivity index (χ3v) is 3.35. The van der Waals surface area contributed by atoms with Crippen LogP contribution >= 0.6 is 0 Å². The molecule has 98 valence electrons. The zero-order valence-electron chi connectivity index (χ0n) is 10.9. The third-order valence-electron chi connectivity index (χ3n) is 3.35. The number of nitrogens with zero attached hydrogens (tertiary/aromatic N) is 2. The van der Waals surface area contributed by atoms with Crippen LogP contribution in [0.2, 0.25) is 0 Å². The van der Waals surface area contributed by atoms with Crippen LogP contribution in [0.5, 0.6) is 0 Å². The fraction of sp³-hybridized carbons (Fsp3) is 0.538. The van der Waals surface area contributed by atoms with Gasteiger partial charge in [0, 0.05) is 25.2 Å². The second-order valence-electron chi connectivity index (χ2n) is 4.76. The highest BCUT2D eigenvalue weighted by Crippen LogP contribution is 2.08. The maximum absolute atomic E-state index is 11.8. The molecule has 0 aliphatic carbocycles. The average molecular weight is 248 g/mol. The van der Waals surface area contributed by atoms with Gasteiger partial charge in [-0.1, -0.05) is 0 Å². The second-order valence-corrected chi connectivity index (χ2v) is 4.76. The van der Waals surface area contributed by atoms with Crippen LogP contribution in [0.4, 0.5) is 0 Å². The molecule has 5 nitrogen and oxygen atoms in total. The number of rotatable bonds is 3. The Morgan fingerprint density at radius 2 is 2.50 bits per heavy atom. The third kappa shape index (κ3) is 3.20. The summed E-state index contributed by atoms with van der Waals surface area (Å²) in [5, 5.41) is 6.40. The van der Waals surface area contributed by atoms with Crippen molar-refractivity contribution in [1.82, 2.24) is 20.2 Å². The molecule has 2 N–H and O–H groups in total. The molecule has 2 unspecified atom stereocenters. The Bertz CT molecular complexity index is 438. The number of carbonyl (C=O) groups excluding carboxylic acids is 1. The van der Waals surface area contributed by atoms with Crippen LogP contribution < -0.4 is 10.6 Å². The molecule has 0 radical (unpaired) electrons. The Morgan fingerprint density at radius 3 is 3.17 bits per heavy atom. The van der Waals surface area contributed by atoms with Gasteiger partial charge < -0.3 is 15.2 Å². The molecule has 1 aromatic heterocycles. The fourth-order valence-corrected chi connectivity index (χ4v) is 2.16. The molecule has 1 saturated heterocycles. The van der Waals surface area contributed by atoms with Crippen molar-refractivity contribution >= 4 is 12.0 Å². The SMILES string of the molecule is CC1NCCCC1NC(=O)C=Cc1cncn1C. The van der Waals surface area contributed by atoms with Gasteiger partial charge in [-0.15, -0.1) is 0 Å². The van der Waals surface area contributed by atoms with Gasteiger partial charge in [-0.25, -0.2) is 4.98 Å². The van der Waals surface area contributed by atoms with Crippen molar-refractivity contribution in [2.75, 3.05) is 6.54 Å². The normalized spacial score (nSPS) is 24.3. The quantitative estimate of drug-likeness (QED) is 0.774. The molecular formula is C13H20N4O. The Balaban J connectivity index is 1.88. The van der Waals surface area contributed by atoms with E-state index in [0.717, 1.165) is 25.1 Å². The zero-order valence-corrected chi connectivity index (χ0v) is 10.9. The van der Waals surface area contributed by atoms with Gasteiger partial charge in [-0.3, -0.25) is 4.79 Å². The van der Waals surface area contributed by atoms with Crippen LogP contribution in [-0.2, 0) is 11.8 Å². The van der Waals surface area contributed by atoms with Crippen molar-refractivity contribution in [1.29, 1.82) is 0 Å². The van der Waals surface area contributed by atoms with Gasteiger partial charge in [0.1, 0.15) is 0 Å². The summed E-state index contributed by atoms with van der Waals surface area (Å²) in [6, 6.07) is 0.565. The maximum atomic E-state index is 11.8. The molecule has 2 atom stereocenters. The van der Waals surface area contributed by atoms with E-state index in [1.807, 2.05) is 11.6 Å². The van der Waals surface area contributed by atoms with Gasteiger partial charge >= 0.3 is 0 Å².